The fraction of sp³-hybridized carbons (Fsp3) is 1.00. The first-order valence-corrected chi connectivity index (χ1v) is 7.73. The Hall–Kier alpha value is 0.647. The molecule has 0 aliphatic carbocycles. The van der Waals surface area contributed by atoms with Crippen LogP contribution >= 0.6 is 8.79 Å². The van der Waals surface area contributed by atoms with E-state index in [4.69, 9.17) is 0 Å². The van der Waals surface area contributed by atoms with Crippen LogP contribution in [-0.2, 0) is 0 Å². The smallest absolute Gasteiger partial charge is 0.0688 e. The first-order valence-electron chi connectivity index (χ1n) is 3.91. The molecule has 0 rings (SSSR count). The van der Waals surface area contributed by atoms with Crippen LogP contribution in [0.1, 0.15) is 41.5 Å². The van der Waals surface area contributed by atoms with Gasteiger partial charge in [0.05, 0.1) is 8.46 Å². The Morgan fingerprint density at radius 2 is 1.00 bits per heavy atom. The Morgan fingerprint density at radius 3 is 1.00 bits per heavy atom. The highest BCUT2D eigenvalue weighted by molar-refractivity contribution is 7.63. The minimum atomic E-state index is -0.662. The molecule has 0 aromatic rings. The molecule has 0 saturated carbocycles. The standard InChI is InChI=1S/C8H21PSi/c1-7(2,3)10(9)8(4,5)6/h10H,9H2,1-6H3. The molecule has 0 amide bonds. The zero-order valence-corrected chi connectivity index (χ0v) is 10.5. The van der Waals surface area contributed by atoms with E-state index in [0.29, 0.717) is 10.1 Å². The summed E-state index contributed by atoms with van der Waals surface area (Å²) in [4.78, 5) is 0. The zero-order valence-electron chi connectivity index (χ0n) is 8.15. The predicted octanol–water partition coefficient (Wildman–Crippen LogP) is 3.19. The van der Waals surface area contributed by atoms with E-state index in [2.05, 4.69) is 50.3 Å². The molecule has 0 spiro atoms. The highest BCUT2D eigenvalue weighted by atomic mass is 31.3. The Labute approximate surface area is 69.5 Å². The van der Waals surface area contributed by atoms with Crippen LogP contribution < -0.4 is 0 Å². The largest absolute Gasteiger partial charge is 0.151 e. The van der Waals surface area contributed by atoms with Crippen LogP contribution in [0.15, 0.2) is 0 Å². The molecule has 62 valence electrons. The molecule has 0 aromatic heterocycles. The molecule has 1 unspecified atom stereocenters. The molecule has 0 radical (unpaired) electrons. The molecule has 0 heterocycles. The average Bonchev–Trinajstić information content (AvgIpc) is 1.59. The summed E-state index contributed by atoms with van der Waals surface area (Å²) in [5, 5.41) is 1.09. The molecule has 0 aliphatic rings. The van der Waals surface area contributed by atoms with Crippen molar-refractivity contribution in [3.63, 3.8) is 0 Å². The summed E-state index contributed by atoms with van der Waals surface area (Å²) in [7, 11) is 2.43. The molecule has 0 bridgehead atoms. The molecule has 1 atom stereocenters. The van der Waals surface area contributed by atoms with Crippen LogP contribution in [-0.4, -0.2) is 8.46 Å². The third-order valence-corrected chi connectivity index (χ3v) is 11.6. The highest BCUT2D eigenvalue weighted by Crippen LogP contribution is 2.44. The van der Waals surface area contributed by atoms with Gasteiger partial charge in [-0.15, -0.1) is 0 Å². The Balaban J connectivity index is 4.23. The summed E-state index contributed by atoms with van der Waals surface area (Å²) in [6.07, 6.45) is 0. The average molecular weight is 176 g/mol. The van der Waals surface area contributed by atoms with E-state index in [-0.39, 0.29) is 0 Å². The van der Waals surface area contributed by atoms with Gasteiger partial charge in [-0.1, -0.05) is 41.5 Å². The lowest BCUT2D eigenvalue weighted by Crippen LogP contribution is -2.28. The van der Waals surface area contributed by atoms with Crippen LogP contribution in [0.2, 0.25) is 10.1 Å². The summed E-state index contributed by atoms with van der Waals surface area (Å²) in [6.45, 7) is 14.1. The van der Waals surface area contributed by atoms with Crippen molar-refractivity contribution in [3.05, 3.63) is 0 Å². The number of hydrogen-bond donors (Lipinski definition) is 0. The minimum Gasteiger partial charge on any atom is -0.151 e. The highest BCUT2D eigenvalue weighted by Gasteiger charge is 2.32. The monoisotopic (exact) mass is 176 g/mol. The molecular formula is C8H21PSi. The van der Waals surface area contributed by atoms with Crippen LogP contribution in [0.4, 0.5) is 0 Å². The van der Waals surface area contributed by atoms with E-state index >= 15 is 0 Å². The van der Waals surface area contributed by atoms with Gasteiger partial charge in [0, 0.05) is 0 Å². The van der Waals surface area contributed by atoms with E-state index in [1.807, 2.05) is 0 Å². The molecule has 0 aromatic carbocycles. The third kappa shape index (κ3) is 3.16. The Bertz CT molecular complexity index is 93.4. The maximum Gasteiger partial charge on any atom is 0.0688 e. The van der Waals surface area contributed by atoms with Crippen molar-refractivity contribution >= 4 is 17.3 Å². The number of hydrogen-bond acceptors (Lipinski definition) is 0. The molecule has 0 saturated heterocycles. The van der Waals surface area contributed by atoms with Gasteiger partial charge in [0.15, 0.2) is 0 Å². The Morgan fingerprint density at radius 1 is 0.800 bits per heavy atom. The van der Waals surface area contributed by atoms with Crippen molar-refractivity contribution in [2.24, 2.45) is 0 Å². The van der Waals surface area contributed by atoms with E-state index in [1.165, 1.54) is 0 Å². The summed E-state index contributed by atoms with van der Waals surface area (Å²) in [5.74, 6) is 0. The molecule has 10 heavy (non-hydrogen) atoms. The molecular weight excluding hydrogens is 155 g/mol. The maximum absolute atomic E-state index is 3.09. The van der Waals surface area contributed by atoms with Crippen molar-refractivity contribution in [1.82, 2.24) is 0 Å². The lowest BCUT2D eigenvalue weighted by molar-refractivity contribution is 0.662. The van der Waals surface area contributed by atoms with Gasteiger partial charge in [-0.3, -0.25) is 0 Å². The molecule has 0 nitrogen and oxygen atoms in total. The van der Waals surface area contributed by atoms with Crippen LogP contribution in [0.25, 0.3) is 0 Å². The fourth-order valence-corrected chi connectivity index (χ4v) is 3.90. The maximum atomic E-state index is 3.09. The first kappa shape index (κ1) is 10.6. The minimum absolute atomic E-state index is 0.545. The third-order valence-electron chi connectivity index (χ3n) is 1.87. The van der Waals surface area contributed by atoms with Gasteiger partial charge in [0.25, 0.3) is 0 Å². The SMILES string of the molecule is CC(C)(C)[SiH](P)C(C)(C)C. The molecule has 2 heteroatoms. The predicted molar refractivity (Wildman–Crippen MR) is 56.3 cm³/mol. The van der Waals surface area contributed by atoms with Crippen molar-refractivity contribution in [2.75, 3.05) is 0 Å². The van der Waals surface area contributed by atoms with Gasteiger partial charge in [-0.2, -0.15) is 8.79 Å². The molecule has 0 N–H and O–H groups in total. The zero-order chi connectivity index (χ0) is 8.58. The van der Waals surface area contributed by atoms with Crippen LogP contribution in [0, 0.1) is 0 Å². The van der Waals surface area contributed by atoms with Gasteiger partial charge < -0.3 is 0 Å². The van der Waals surface area contributed by atoms with Gasteiger partial charge in [0.1, 0.15) is 0 Å². The second-order valence-corrected chi connectivity index (χ2v) is 11.6. The second kappa shape index (κ2) is 2.95. The van der Waals surface area contributed by atoms with Gasteiger partial charge >= 0.3 is 0 Å². The van der Waals surface area contributed by atoms with E-state index < -0.39 is 8.46 Å². The lowest BCUT2D eigenvalue weighted by Gasteiger charge is -2.36. The summed E-state index contributed by atoms with van der Waals surface area (Å²) in [6, 6.07) is 0. The summed E-state index contributed by atoms with van der Waals surface area (Å²) < 4.78 is 0. The molecule has 0 fully saturated rings. The number of rotatable bonds is 0. The van der Waals surface area contributed by atoms with Crippen molar-refractivity contribution in [2.45, 2.75) is 51.6 Å². The van der Waals surface area contributed by atoms with Gasteiger partial charge in [0.2, 0.25) is 0 Å². The van der Waals surface area contributed by atoms with Crippen molar-refractivity contribution in [1.29, 1.82) is 0 Å². The molecule has 0 aliphatic heterocycles. The van der Waals surface area contributed by atoms with Crippen molar-refractivity contribution in [3.8, 4) is 0 Å². The first-order chi connectivity index (χ1) is 4.15. The van der Waals surface area contributed by atoms with Gasteiger partial charge in [-0.25, -0.2) is 0 Å². The normalized spacial score (nSPS) is 14.4. The summed E-state index contributed by atoms with van der Waals surface area (Å²) in [5.41, 5.74) is 0. The van der Waals surface area contributed by atoms with E-state index in [0.717, 1.165) is 0 Å². The topological polar surface area (TPSA) is 0 Å². The van der Waals surface area contributed by atoms with E-state index in [9.17, 15) is 0 Å². The summed E-state index contributed by atoms with van der Waals surface area (Å²) >= 11 is 0. The van der Waals surface area contributed by atoms with Gasteiger partial charge in [-0.05, 0) is 10.1 Å². The van der Waals surface area contributed by atoms with Crippen LogP contribution in [0.5, 0.6) is 0 Å². The quantitative estimate of drug-likeness (QED) is 0.393. The lowest BCUT2D eigenvalue weighted by atomic mass is 10.2. The van der Waals surface area contributed by atoms with Crippen LogP contribution in [0.3, 0.4) is 0 Å². The Kier molecular flexibility index (Phi) is 3.14. The second-order valence-electron chi connectivity index (χ2n) is 5.21. The van der Waals surface area contributed by atoms with E-state index in [1.54, 1.807) is 0 Å². The fourth-order valence-electron chi connectivity index (χ4n) is 1.30. The van der Waals surface area contributed by atoms with Crippen molar-refractivity contribution < 1.29 is 0 Å².